The minimum absolute atomic E-state index is 0.543. The fourth-order valence-electron chi connectivity index (χ4n) is 3.18. The van der Waals surface area contributed by atoms with Crippen molar-refractivity contribution in [3.8, 4) is 0 Å². The molecule has 0 spiro atoms. The SMILES string of the molecule is Cc1cn(C)c([C@H]2CCCN(Cc3nc[nH]c3C)C2)n1. The number of aryl methyl sites for hydroxylation is 3. The highest BCUT2D eigenvalue weighted by Crippen LogP contribution is 2.27. The van der Waals surface area contributed by atoms with Crippen LogP contribution in [0.3, 0.4) is 0 Å². The molecule has 1 aliphatic rings. The number of hydrogen-bond donors (Lipinski definition) is 1. The summed E-state index contributed by atoms with van der Waals surface area (Å²) in [4.78, 5) is 14.8. The first-order valence-corrected chi connectivity index (χ1v) is 7.34. The van der Waals surface area contributed by atoms with Gasteiger partial charge in [0.05, 0.1) is 17.7 Å². The van der Waals surface area contributed by atoms with Crippen LogP contribution in [-0.2, 0) is 13.6 Å². The average Bonchev–Trinajstić information content (AvgIpc) is 2.96. The van der Waals surface area contributed by atoms with Crippen molar-refractivity contribution in [2.45, 2.75) is 39.2 Å². The van der Waals surface area contributed by atoms with E-state index in [0.29, 0.717) is 5.92 Å². The zero-order chi connectivity index (χ0) is 14.1. The Morgan fingerprint density at radius 2 is 2.25 bits per heavy atom. The molecule has 0 amide bonds. The highest BCUT2D eigenvalue weighted by molar-refractivity contribution is 5.11. The predicted octanol–water partition coefficient (Wildman–Crippen LogP) is 2.14. The molecule has 0 radical (unpaired) electrons. The minimum atomic E-state index is 0.543. The van der Waals surface area contributed by atoms with Crippen LogP contribution < -0.4 is 0 Å². The molecule has 1 aliphatic heterocycles. The summed E-state index contributed by atoms with van der Waals surface area (Å²) in [5, 5.41) is 0. The Kier molecular flexibility index (Phi) is 3.61. The van der Waals surface area contributed by atoms with E-state index in [2.05, 4.69) is 46.5 Å². The van der Waals surface area contributed by atoms with Gasteiger partial charge in [0.15, 0.2) is 0 Å². The zero-order valence-electron chi connectivity index (χ0n) is 12.6. The zero-order valence-corrected chi connectivity index (χ0v) is 12.6. The maximum atomic E-state index is 4.70. The van der Waals surface area contributed by atoms with Gasteiger partial charge in [0, 0.05) is 37.9 Å². The maximum absolute atomic E-state index is 4.70. The van der Waals surface area contributed by atoms with Gasteiger partial charge in [-0.2, -0.15) is 0 Å². The molecule has 1 saturated heterocycles. The number of piperidine rings is 1. The Bertz CT molecular complexity index is 583. The van der Waals surface area contributed by atoms with Crippen LogP contribution in [0.4, 0.5) is 0 Å². The molecule has 3 heterocycles. The summed E-state index contributed by atoms with van der Waals surface area (Å²) >= 11 is 0. The van der Waals surface area contributed by atoms with Crippen LogP contribution in [-0.4, -0.2) is 37.5 Å². The Morgan fingerprint density at radius 1 is 1.40 bits per heavy atom. The van der Waals surface area contributed by atoms with E-state index in [1.807, 2.05) is 0 Å². The third kappa shape index (κ3) is 2.63. The van der Waals surface area contributed by atoms with Crippen LogP contribution in [0.1, 0.15) is 41.7 Å². The van der Waals surface area contributed by atoms with Gasteiger partial charge in [-0.3, -0.25) is 4.90 Å². The summed E-state index contributed by atoms with van der Waals surface area (Å²) in [5.41, 5.74) is 3.46. The number of hydrogen-bond acceptors (Lipinski definition) is 3. The number of likely N-dealkylation sites (tertiary alicyclic amines) is 1. The van der Waals surface area contributed by atoms with Crippen LogP contribution in [0.5, 0.6) is 0 Å². The smallest absolute Gasteiger partial charge is 0.113 e. The quantitative estimate of drug-likeness (QED) is 0.932. The van der Waals surface area contributed by atoms with Gasteiger partial charge in [-0.1, -0.05) is 0 Å². The second-order valence-corrected chi connectivity index (χ2v) is 5.90. The first-order chi connectivity index (χ1) is 9.63. The van der Waals surface area contributed by atoms with Crippen molar-refractivity contribution in [3.05, 3.63) is 35.4 Å². The summed E-state index contributed by atoms with van der Waals surface area (Å²) in [6, 6.07) is 0. The molecule has 2 aromatic heterocycles. The van der Waals surface area contributed by atoms with E-state index in [9.17, 15) is 0 Å². The van der Waals surface area contributed by atoms with Gasteiger partial charge < -0.3 is 9.55 Å². The van der Waals surface area contributed by atoms with Crippen molar-refractivity contribution in [1.29, 1.82) is 0 Å². The fraction of sp³-hybridized carbons (Fsp3) is 0.600. The molecule has 1 fully saturated rings. The molecule has 108 valence electrons. The summed E-state index contributed by atoms with van der Waals surface area (Å²) in [7, 11) is 2.10. The first-order valence-electron chi connectivity index (χ1n) is 7.34. The molecule has 0 unspecified atom stereocenters. The third-order valence-electron chi connectivity index (χ3n) is 4.21. The van der Waals surface area contributed by atoms with Crippen molar-refractivity contribution in [3.63, 3.8) is 0 Å². The molecule has 1 N–H and O–H groups in total. The third-order valence-corrected chi connectivity index (χ3v) is 4.21. The van der Waals surface area contributed by atoms with Crippen LogP contribution in [0.15, 0.2) is 12.5 Å². The van der Waals surface area contributed by atoms with Gasteiger partial charge in [0.25, 0.3) is 0 Å². The molecule has 2 aromatic rings. The Balaban J connectivity index is 1.70. The lowest BCUT2D eigenvalue weighted by atomic mass is 9.97. The van der Waals surface area contributed by atoms with Crippen LogP contribution >= 0.6 is 0 Å². The molecular weight excluding hydrogens is 250 g/mol. The second kappa shape index (κ2) is 5.40. The highest BCUT2D eigenvalue weighted by atomic mass is 15.2. The Morgan fingerprint density at radius 3 is 2.90 bits per heavy atom. The molecule has 0 saturated carbocycles. The maximum Gasteiger partial charge on any atom is 0.113 e. The van der Waals surface area contributed by atoms with E-state index in [1.165, 1.54) is 30.1 Å². The summed E-state index contributed by atoms with van der Waals surface area (Å²) < 4.78 is 2.18. The number of imidazole rings is 2. The summed E-state index contributed by atoms with van der Waals surface area (Å²) in [6.45, 7) is 7.33. The van der Waals surface area contributed by atoms with Crippen molar-refractivity contribution >= 4 is 0 Å². The minimum Gasteiger partial charge on any atom is -0.348 e. The van der Waals surface area contributed by atoms with E-state index < -0.39 is 0 Å². The van der Waals surface area contributed by atoms with Gasteiger partial charge in [-0.05, 0) is 33.2 Å². The number of aromatic amines is 1. The van der Waals surface area contributed by atoms with Crippen molar-refractivity contribution < 1.29 is 0 Å². The first kappa shape index (κ1) is 13.4. The summed E-state index contributed by atoms with van der Waals surface area (Å²) in [6.07, 6.45) is 6.38. The molecule has 0 aromatic carbocycles. The van der Waals surface area contributed by atoms with E-state index in [0.717, 1.165) is 25.3 Å². The molecule has 0 bridgehead atoms. The van der Waals surface area contributed by atoms with Gasteiger partial charge in [-0.25, -0.2) is 9.97 Å². The van der Waals surface area contributed by atoms with E-state index in [1.54, 1.807) is 6.33 Å². The molecule has 5 nitrogen and oxygen atoms in total. The van der Waals surface area contributed by atoms with Gasteiger partial charge >= 0.3 is 0 Å². The van der Waals surface area contributed by atoms with Crippen LogP contribution in [0.2, 0.25) is 0 Å². The van der Waals surface area contributed by atoms with Crippen molar-refractivity contribution in [1.82, 2.24) is 24.4 Å². The van der Waals surface area contributed by atoms with E-state index in [4.69, 9.17) is 4.98 Å². The standard InChI is InChI=1S/C15H23N5/c1-11-7-19(3)15(18-11)13-5-4-6-20(8-13)9-14-12(2)16-10-17-14/h7,10,13H,4-6,8-9H2,1-3H3,(H,16,17)/t13-/m0/s1. The lowest BCUT2D eigenvalue weighted by Gasteiger charge is -2.32. The molecular formula is C15H23N5. The topological polar surface area (TPSA) is 49.7 Å². The lowest BCUT2D eigenvalue weighted by molar-refractivity contribution is 0.193. The number of nitrogens with zero attached hydrogens (tertiary/aromatic N) is 4. The largest absolute Gasteiger partial charge is 0.348 e. The molecule has 3 rings (SSSR count). The molecule has 1 atom stereocenters. The van der Waals surface area contributed by atoms with Crippen LogP contribution in [0.25, 0.3) is 0 Å². The van der Waals surface area contributed by atoms with E-state index >= 15 is 0 Å². The lowest BCUT2D eigenvalue weighted by Crippen LogP contribution is -2.35. The van der Waals surface area contributed by atoms with Gasteiger partial charge in [0.1, 0.15) is 5.82 Å². The van der Waals surface area contributed by atoms with Crippen molar-refractivity contribution in [2.75, 3.05) is 13.1 Å². The molecule has 20 heavy (non-hydrogen) atoms. The average molecular weight is 273 g/mol. The van der Waals surface area contributed by atoms with Gasteiger partial charge in [0.2, 0.25) is 0 Å². The Hall–Kier alpha value is -1.62. The number of H-pyrrole nitrogens is 1. The second-order valence-electron chi connectivity index (χ2n) is 5.90. The highest BCUT2D eigenvalue weighted by Gasteiger charge is 2.25. The normalized spacial score (nSPS) is 20.4. The number of aromatic nitrogens is 4. The Labute approximate surface area is 120 Å². The number of rotatable bonds is 3. The predicted molar refractivity (Wildman–Crippen MR) is 78.5 cm³/mol. The van der Waals surface area contributed by atoms with Gasteiger partial charge in [-0.15, -0.1) is 0 Å². The monoisotopic (exact) mass is 273 g/mol. The van der Waals surface area contributed by atoms with Crippen molar-refractivity contribution in [2.24, 2.45) is 7.05 Å². The van der Waals surface area contributed by atoms with E-state index in [-0.39, 0.29) is 0 Å². The molecule has 0 aliphatic carbocycles. The fourth-order valence-corrected chi connectivity index (χ4v) is 3.18. The number of nitrogens with one attached hydrogen (secondary N) is 1. The molecule has 5 heteroatoms. The van der Waals surface area contributed by atoms with Crippen LogP contribution in [0, 0.1) is 13.8 Å². The summed E-state index contributed by atoms with van der Waals surface area (Å²) in [5.74, 6) is 1.77.